The Kier molecular flexibility index (Phi) is 4.82. The van der Waals surface area contributed by atoms with Crippen molar-refractivity contribution < 1.29 is 14.7 Å². The molecule has 1 aromatic carbocycles. The summed E-state index contributed by atoms with van der Waals surface area (Å²) in [6.07, 6.45) is 4.92. The number of thiocarbonyl (C=S) groups is 1. The highest BCUT2D eigenvalue weighted by Gasteiger charge is 2.41. The van der Waals surface area contributed by atoms with Crippen LogP contribution in [0.5, 0.6) is 0 Å². The molecule has 0 radical (unpaired) electrons. The number of carbonyl (C=O) groups excluding carboxylic acids is 1. The van der Waals surface area contributed by atoms with E-state index in [-0.39, 0.29) is 16.1 Å². The number of thioether (sulfide) groups is 1. The van der Waals surface area contributed by atoms with Gasteiger partial charge in [-0.3, -0.25) is 19.7 Å². The Hall–Kier alpha value is -2.32. The Balaban J connectivity index is 1.95. The van der Waals surface area contributed by atoms with Crippen LogP contribution in [-0.2, 0) is 9.59 Å². The lowest BCUT2D eigenvalue weighted by molar-refractivity contribution is -0.146. The third-order valence-corrected chi connectivity index (χ3v) is 5.11. The fraction of sp³-hybridized carbons (Fsp3) is 0.235. The predicted molar refractivity (Wildman–Crippen MR) is 101 cm³/mol. The van der Waals surface area contributed by atoms with Crippen molar-refractivity contribution in [2.45, 2.75) is 19.9 Å². The Labute approximate surface area is 154 Å². The zero-order chi connectivity index (χ0) is 18.1. The molecule has 1 fully saturated rings. The lowest BCUT2D eigenvalue weighted by Gasteiger charge is -2.26. The second kappa shape index (κ2) is 6.89. The van der Waals surface area contributed by atoms with Gasteiger partial charge in [0.25, 0.3) is 5.91 Å². The first-order valence-electron chi connectivity index (χ1n) is 7.59. The van der Waals surface area contributed by atoms with Gasteiger partial charge in [-0.2, -0.15) is 0 Å². The number of carboxylic acid groups (broad SMARTS) is 1. The van der Waals surface area contributed by atoms with Crippen LogP contribution < -0.4 is 0 Å². The Morgan fingerprint density at radius 2 is 1.96 bits per heavy atom. The average Bonchev–Trinajstić information content (AvgIpc) is 2.82. The fourth-order valence-corrected chi connectivity index (χ4v) is 3.96. The fourth-order valence-electron chi connectivity index (χ4n) is 2.63. The van der Waals surface area contributed by atoms with E-state index in [0.29, 0.717) is 4.91 Å². The third kappa shape index (κ3) is 3.40. The zero-order valence-electron chi connectivity index (χ0n) is 13.5. The minimum atomic E-state index is -1.06. The van der Waals surface area contributed by atoms with E-state index in [2.05, 4.69) is 9.97 Å². The molecule has 0 bridgehead atoms. The maximum atomic E-state index is 12.7. The molecule has 0 saturated carbocycles. The molecule has 1 amide bonds. The van der Waals surface area contributed by atoms with Gasteiger partial charge in [0.2, 0.25) is 0 Å². The van der Waals surface area contributed by atoms with Crippen LogP contribution in [0.25, 0.3) is 17.1 Å². The molecule has 128 valence electrons. The SMILES string of the molecule is CC(C)[C@H](C(=O)O)N1C(=O)/C(=C\c2ccc3nccnc3c2)SC1=S. The highest BCUT2D eigenvalue weighted by atomic mass is 32.2. The molecule has 1 N–H and O–H groups in total. The third-order valence-electron chi connectivity index (χ3n) is 3.78. The van der Waals surface area contributed by atoms with Crippen LogP contribution >= 0.6 is 24.0 Å². The molecule has 1 atom stereocenters. The van der Waals surface area contributed by atoms with Crippen LogP contribution in [0.4, 0.5) is 0 Å². The van der Waals surface area contributed by atoms with Crippen LogP contribution in [0.3, 0.4) is 0 Å². The number of nitrogens with zero attached hydrogens (tertiary/aromatic N) is 3. The van der Waals surface area contributed by atoms with Gasteiger partial charge in [0.1, 0.15) is 10.4 Å². The van der Waals surface area contributed by atoms with E-state index in [1.54, 1.807) is 32.3 Å². The molecule has 3 rings (SSSR count). The van der Waals surface area contributed by atoms with Crippen molar-refractivity contribution in [2.75, 3.05) is 0 Å². The summed E-state index contributed by atoms with van der Waals surface area (Å²) in [5.74, 6) is -1.70. The largest absolute Gasteiger partial charge is 0.480 e. The summed E-state index contributed by atoms with van der Waals surface area (Å²) in [6.45, 7) is 3.51. The van der Waals surface area contributed by atoms with Gasteiger partial charge < -0.3 is 5.11 Å². The van der Waals surface area contributed by atoms with Gasteiger partial charge in [0.05, 0.1) is 15.9 Å². The van der Waals surface area contributed by atoms with Crippen molar-refractivity contribution in [3.63, 3.8) is 0 Å². The monoisotopic (exact) mass is 373 g/mol. The maximum Gasteiger partial charge on any atom is 0.327 e. The quantitative estimate of drug-likeness (QED) is 0.651. The van der Waals surface area contributed by atoms with Gasteiger partial charge in [0, 0.05) is 12.4 Å². The smallest absolute Gasteiger partial charge is 0.327 e. The average molecular weight is 373 g/mol. The van der Waals surface area contributed by atoms with Gasteiger partial charge in [-0.05, 0) is 29.7 Å². The van der Waals surface area contributed by atoms with Crippen molar-refractivity contribution in [2.24, 2.45) is 5.92 Å². The summed E-state index contributed by atoms with van der Waals surface area (Å²) in [6, 6.07) is 4.51. The first-order chi connectivity index (χ1) is 11.9. The lowest BCUT2D eigenvalue weighted by atomic mass is 10.0. The molecule has 0 unspecified atom stereocenters. The van der Waals surface area contributed by atoms with Gasteiger partial charge in [0.15, 0.2) is 0 Å². The van der Waals surface area contributed by atoms with Crippen molar-refractivity contribution in [1.82, 2.24) is 14.9 Å². The minimum Gasteiger partial charge on any atom is -0.480 e. The molecule has 1 saturated heterocycles. The molecular formula is C17H15N3O3S2. The summed E-state index contributed by atoms with van der Waals surface area (Å²) in [7, 11) is 0. The van der Waals surface area contributed by atoms with Crippen LogP contribution in [0.1, 0.15) is 19.4 Å². The second-order valence-electron chi connectivity index (χ2n) is 5.88. The number of aromatic nitrogens is 2. The van der Waals surface area contributed by atoms with E-state index in [0.717, 1.165) is 28.4 Å². The van der Waals surface area contributed by atoms with E-state index >= 15 is 0 Å². The Morgan fingerprint density at radius 3 is 2.60 bits per heavy atom. The number of hydrogen-bond donors (Lipinski definition) is 1. The molecule has 1 aliphatic rings. The highest BCUT2D eigenvalue weighted by Crippen LogP contribution is 2.35. The standard InChI is InChI=1S/C17H15N3O3S2/c1-9(2)14(16(22)23)20-15(21)13(25-17(20)24)8-10-3-4-11-12(7-10)19-6-5-18-11/h3-9,14H,1-2H3,(H,22,23)/b13-8+/t14-/m1/s1. The normalized spacial score (nSPS) is 17.7. The van der Waals surface area contributed by atoms with Gasteiger partial charge >= 0.3 is 5.97 Å². The Morgan fingerprint density at radius 1 is 1.28 bits per heavy atom. The van der Waals surface area contributed by atoms with E-state index in [1.165, 1.54) is 4.90 Å². The number of hydrogen-bond acceptors (Lipinski definition) is 6. The maximum absolute atomic E-state index is 12.7. The summed E-state index contributed by atoms with van der Waals surface area (Å²) < 4.78 is 0.262. The Bertz CT molecular complexity index is 911. The molecule has 1 aromatic heterocycles. The van der Waals surface area contributed by atoms with Crippen molar-refractivity contribution in [3.05, 3.63) is 41.1 Å². The van der Waals surface area contributed by atoms with Gasteiger partial charge in [-0.15, -0.1) is 0 Å². The van der Waals surface area contributed by atoms with E-state index < -0.39 is 12.0 Å². The number of fused-ring (bicyclic) bond motifs is 1. The first kappa shape index (κ1) is 17.5. The molecule has 8 heteroatoms. The predicted octanol–water partition coefficient (Wildman–Crippen LogP) is 2.94. The number of carbonyl (C=O) groups is 2. The molecule has 0 aliphatic carbocycles. The number of benzene rings is 1. The first-order valence-corrected chi connectivity index (χ1v) is 8.81. The number of amides is 1. The highest BCUT2D eigenvalue weighted by molar-refractivity contribution is 8.26. The molecule has 2 aromatic rings. The summed E-state index contributed by atoms with van der Waals surface area (Å²) >= 11 is 6.36. The van der Waals surface area contributed by atoms with Gasteiger partial charge in [-0.25, -0.2) is 4.79 Å². The van der Waals surface area contributed by atoms with E-state index in [4.69, 9.17) is 12.2 Å². The molecule has 0 spiro atoms. The summed E-state index contributed by atoms with van der Waals surface area (Å²) in [4.78, 5) is 34.3. The van der Waals surface area contributed by atoms with Crippen molar-refractivity contribution >= 4 is 57.3 Å². The molecular weight excluding hydrogens is 358 g/mol. The molecule has 1 aliphatic heterocycles. The number of carboxylic acids is 1. The minimum absolute atomic E-state index is 0.254. The van der Waals surface area contributed by atoms with Crippen LogP contribution in [0.15, 0.2) is 35.5 Å². The molecule has 25 heavy (non-hydrogen) atoms. The van der Waals surface area contributed by atoms with Crippen molar-refractivity contribution in [1.29, 1.82) is 0 Å². The molecule has 2 heterocycles. The van der Waals surface area contributed by atoms with Crippen LogP contribution in [0.2, 0.25) is 0 Å². The van der Waals surface area contributed by atoms with Gasteiger partial charge in [-0.1, -0.05) is 43.9 Å². The summed E-state index contributed by atoms with van der Waals surface area (Å²) in [5, 5.41) is 9.44. The van der Waals surface area contributed by atoms with Crippen molar-refractivity contribution in [3.8, 4) is 0 Å². The number of rotatable bonds is 4. The molecule has 6 nitrogen and oxygen atoms in total. The van der Waals surface area contributed by atoms with E-state index in [9.17, 15) is 14.7 Å². The topological polar surface area (TPSA) is 83.4 Å². The van der Waals surface area contributed by atoms with Crippen LogP contribution in [-0.4, -0.2) is 42.2 Å². The van der Waals surface area contributed by atoms with Crippen LogP contribution in [0, 0.1) is 5.92 Å². The second-order valence-corrected chi connectivity index (χ2v) is 7.56. The summed E-state index contributed by atoms with van der Waals surface area (Å²) in [5.41, 5.74) is 2.26. The number of aliphatic carboxylic acids is 1. The lowest BCUT2D eigenvalue weighted by Crippen LogP contribution is -2.47. The zero-order valence-corrected chi connectivity index (χ0v) is 15.2. The van der Waals surface area contributed by atoms with E-state index in [1.807, 2.05) is 18.2 Å².